The SMILES string of the molecule is CC[C@@H]1CCCN1Cc1sc(NC(=O)c2cnc(N3CCC(C(=O)O)CC3)cn2)nc1-c1ccc(OC)c(CF)c1. The number of nitrogens with one attached hydrogen (secondary N) is 1. The Labute approximate surface area is 242 Å². The van der Waals surface area contributed by atoms with E-state index in [2.05, 4.69) is 27.1 Å². The smallest absolute Gasteiger partial charge is 0.306 e. The monoisotopic (exact) mass is 582 g/mol. The Morgan fingerprint density at radius 2 is 1.98 bits per heavy atom. The number of rotatable bonds is 10. The number of carboxylic acids is 1. The van der Waals surface area contributed by atoms with Crippen LogP contribution in [-0.2, 0) is 18.0 Å². The molecule has 4 heterocycles. The lowest BCUT2D eigenvalue weighted by Crippen LogP contribution is -2.36. The fourth-order valence-electron chi connectivity index (χ4n) is 5.64. The van der Waals surface area contributed by atoms with Crippen molar-refractivity contribution in [2.24, 2.45) is 5.92 Å². The third kappa shape index (κ3) is 6.48. The van der Waals surface area contributed by atoms with Crippen LogP contribution in [-0.4, -0.2) is 69.6 Å². The van der Waals surface area contributed by atoms with Crippen molar-refractivity contribution in [2.45, 2.75) is 58.3 Å². The van der Waals surface area contributed by atoms with E-state index in [-0.39, 0.29) is 11.6 Å². The van der Waals surface area contributed by atoms with Gasteiger partial charge in [0.05, 0.1) is 31.1 Å². The van der Waals surface area contributed by atoms with E-state index in [0.717, 1.165) is 41.9 Å². The summed E-state index contributed by atoms with van der Waals surface area (Å²) >= 11 is 1.41. The maximum atomic E-state index is 13.8. The van der Waals surface area contributed by atoms with Crippen LogP contribution in [0.1, 0.15) is 60.0 Å². The van der Waals surface area contributed by atoms with Gasteiger partial charge in [-0.2, -0.15) is 0 Å². The van der Waals surface area contributed by atoms with E-state index in [9.17, 15) is 19.1 Å². The van der Waals surface area contributed by atoms with Gasteiger partial charge in [-0.05, 0) is 56.8 Å². The van der Waals surface area contributed by atoms with Gasteiger partial charge in [-0.15, -0.1) is 0 Å². The van der Waals surface area contributed by atoms with Gasteiger partial charge >= 0.3 is 5.97 Å². The summed E-state index contributed by atoms with van der Waals surface area (Å²) in [7, 11) is 1.52. The predicted octanol–water partition coefficient (Wildman–Crippen LogP) is 5.01. The van der Waals surface area contributed by atoms with Gasteiger partial charge in [-0.25, -0.2) is 19.3 Å². The molecule has 10 nitrogen and oxygen atoms in total. The number of likely N-dealkylation sites (tertiary alicyclic amines) is 1. The molecular weight excluding hydrogens is 547 g/mol. The number of alkyl halides is 1. The van der Waals surface area contributed by atoms with Gasteiger partial charge in [-0.1, -0.05) is 18.3 Å². The zero-order valence-corrected chi connectivity index (χ0v) is 24.1. The molecule has 5 rings (SSSR count). The number of ether oxygens (including phenoxy) is 1. The number of piperidine rings is 1. The first kappa shape index (κ1) is 28.9. The lowest BCUT2D eigenvalue weighted by molar-refractivity contribution is -0.142. The molecule has 2 fully saturated rings. The average Bonchev–Trinajstić information content (AvgIpc) is 3.63. The van der Waals surface area contributed by atoms with Crippen molar-refractivity contribution in [1.82, 2.24) is 19.9 Å². The third-order valence-electron chi connectivity index (χ3n) is 7.97. The van der Waals surface area contributed by atoms with Crippen LogP contribution in [0.3, 0.4) is 0 Å². The summed E-state index contributed by atoms with van der Waals surface area (Å²) < 4.78 is 19.1. The van der Waals surface area contributed by atoms with Crippen molar-refractivity contribution < 1.29 is 23.8 Å². The molecule has 218 valence electrons. The fourth-order valence-corrected chi connectivity index (χ4v) is 6.64. The second-order valence-corrected chi connectivity index (χ2v) is 11.5. The molecule has 2 saturated heterocycles. The summed E-state index contributed by atoms with van der Waals surface area (Å²) in [5.41, 5.74) is 2.09. The molecule has 0 aliphatic carbocycles. The Morgan fingerprint density at radius 3 is 2.63 bits per heavy atom. The van der Waals surface area contributed by atoms with Crippen LogP contribution in [0.25, 0.3) is 11.3 Å². The normalized spacial score (nSPS) is 18.0. The first-order valence-corrected chi connectivity index (χ1v) is 14.8. The van der Waals surface area contributed by atoms with Crippen molar-refractivity contribution >= 4 is 34.2 Å². The van der Waals surface area contributed by atoms with Gasteiger partial charge in [-0.3, -0.25) is 19.8 Å². The Balaban J connectivity index is 1.34. The number of aromatic nitrogens is 3. The van der Waals surface area contributed by atoms with Crippen molar-refractivity contribution in [2.75, 3.05) is 37.0 Å². The van der Waals surface area contributed by atoms with E-state index >= 15 is 0 Å². The van der Waals surface area contributed by atoms with Crippen molar-refractivity contribution in [3.8, 4) is 17.0 Å². The molecule has 2 aromatic heterocycles. The number of nitrogens with zero attached hydrogens (tertiary/aromatic N) is 5. The number of halogens is 1. The highest BCUT2D eigenvalue weighted by molar-refractivity contribution is 7.16. The Hall–Kier alpha value is -3.64. The fraction of sp³-hybridized carbons (Fsp3) is 0.483. The summed E-state index contributed by atoms with van der Waals surface area (Å²) in [4.78, 5) is 43.3. The molecule has 0 radical (unpaired) electrons. The number of methoxy groups -OCH3 is 1. The predicted molar refractivity (Wildman–Crippen MR) is 155 cm³/mol. The van der Waals surface area contributed by atoms with Crippen LogP contribution >= 0.6 is 11.3 Å². The maximum Gasteiger partial charge on any atom is 0.306 e. The Kier molecular flexibility index (Phi) is 9.09. The minimum Gasteiger partial charge on any atom is -0.496 e. The Bertz CT molecular complexity index is 1380. The molecule has 2 aliphatic heterocycles. The van der Waals surface area contributed by atoms with E-state index < -0.39 is 18.6 Å². The van der Waals surface area contributed by atoms with Crippen LogP contribution in [0.15, 0.2) is 30.6 Å². The van der Waals surface area contributed by atoms with E-state index in [1.165, 1.54) is 24.6 Å². The number of amides is 1. The number of anilines is 2. The highest BCUT2D eigenvalue weighted by Crippen LogP contribution is 2.36. The third-order valence-corrected chi connectivity index (χ3v) is 8.93. The summed E-state index contributed by atoms with van der Waals surface area (Å²) in [5, 5.41) is 12.5. The summed E-state index contributed by atoms with van der Waals surface area (Å²) in [6.07, 6.45) is 7.45. The lowest BCUT2D eigenvalue weighted by atomic mass is 9.97. The minimum atomic E-state index is -0.767. The van der Waals surface area contributed by atoms with E-state index in [1.54, 1.807) is 18.3 Å². The van der Waals surface area contributed by atoms with Crippen LogP contribution in [0.4, 0.5) is 15.3 Å². The number of carbonyl (C=O) groups excluding carboxylic acids is 1. The molecule has 1 amide bonds. The number of carboxylic acid groups (broad SMARTS) is 1. The number of hydrogen-bond acceptors (Lipinski definition) is 9. The van der Waals surface area contributed by atoms with E-state index in [0.29, 0.717) is 60.8 Å². The highest BCUT2D eigenvalue weighted by Gasteiger charge is 2.27. The number of aliphatic carboxylic acids is 1. The molecule has 1 atom stereocenters. The molecule has 0 spiro atoms. The highest BCUT2D eigenvalue weighted by atomic mass is 32.1. The molecule has 41 heavy (non-hydrogen) atoms. The van der Waals surface area contributed by atoms with Crippen LogP contribution < -0.4 is 15.0 Å². The zero-order valence-electron chi connectivity index (χ0n) is 23.3. The van der Waals surface area contributed by atoms with Gasteiger partial charge in [0.2, 0.25) is 0 Å². The van der Waals surface area contributed by atoms with Crippen LogP contribution in [0.2, 0.25) is 0 Å². The molecule has 12 heteroatoms. The quantitative estimate of drug-likeness (QED) is 0.340. The molecule has 0 unspecified atom stereocenters. The summed E-state index contributed by atoms with van der Waals surface area (Å²) in [5.74, 6) is -0.426. The number of hydrogen-bond donors (Lipinski definition) is 2. The molecule has 3 aromatic rings. The van der Waals surface area contributed by atoms with Crippen LogP contribution in [0, 0.1) is 5.92 Å². The first-order chi connectivity index (χ1) is 19.9. The largest absolute Gasteiger partial charge is 0.496 e. The standard InChI is InChI=1S/C29H35FN6O4S/c1-3-21-5-4-10-36(21)17-24-26(19-6-7-23(40-2)20(13-19)14-30)33-29(41-24)34-27(37)22-15-32-25(16-31-22)35-11-8-18(9-12-35)28(38)39/h6-7,13,15-16,18,21H,3-5,8-12,14,17H2,1-2H3,(H,38,39)(H,33,34,37)/t21-/m1/s1. The second-order valence-electron chi connectivity index (χ2n) is 10.4. The molecule has 2 aliphatic rings. The molecule has 0 bridgehead atoms. The average molecular weight is 583 g/mol. The van der Waals surface area contributed by atoms with E-state index in [4.69, 9.17) is 9.72 Å². The van der Waals surface area contributed by atoms with Gasteiger partial charge in [0, 0.05) is 41.7 Å². The minimum absolute atomic E-state index is 0.155. The van der Waals surface area contributed by atoms with E-state index in [1.807, 2.05) is 11.0 Å². The summed E-state index contributed by atoms with van der Waals surface area (Å²) in [6.45, 7) is 4.40. The lowest BCUT2D eigenvalue weighted by Gasteiger charge is -2.30. The number of thiazole rings is 1. The number of carbonyl (C=O) groups is 2. The molecular formula is C29H35FN6O4S. The maximum absolute atomic E-state index is 13.8. The first-order valence-electron chi connectivity index (χ1n) is 14.0. The summed E-state index contributed by atoms with van der Waals surface area (Å²) in [6, 6.07) is 5.88. The topological polar surface area (TPSA) is 121 Å². The van der Waals surface area contributed by atoms with Gasteiger partial charge in [0.25, 0.3) is 5.91 Å². The van der Waals surface area contributed by atoms with Crippen molar-refractivity contribution in [3.63, 3.8) is 0 Å². The zero-order chi connectivity index (χ0) is 28.9. The van der Waals surface area contributed by atoms with Crippen LogP contribution in [0.5, 0.6) is 5.75 Å². The van der Waals surface area contributed by atoms with Gasteiger partial charge in [0.15, 0.2) is 5.13 Å². The number of benzene rings is 1. The molecule has 0 saturated carbocycles. The Morgan fingerprint density at radius 1 is 1.17 bits per heavy atom. The van der Waals surface area contributed by atoms with Crippen molar-refractivity contribution in [3.05, 3.63) is 46.7 Å². The van der Waals surface area contributed by atoms with Gasteiger partial charge < -0.3 is 14.7 Å². The molecule has 2 N–H and O–H groups in total. The van der Waals surface area contributed by atoms with Crippen molar-refractivity contribution in [1.29, 1.82) is 0 Å². The second kappa shape index (κ2) is 12.9. The molecule has 1 aromatic carbocycles. The van der Waals surface area contributed by atoms with Gasteiger partial charge in [0.1, 0.15) is 23.9 Å².